The van der Waals surface area contributed by atoms with Gasteiger partial charge >= 0.3 is 0 Å². The van der Waals surface area contributed by atoms with Crippen molar-refractivity contribution in [2.45, 2.75) is 110 Å². The minimum absolute atomic E-state index is 0.402. The number of ketones is 1. The van der Waals surface area contributed by atoms with E-state index in [1.165, 1.54) is 102 Å². The molecule has 0 radical (unpaired) electrons. The zero-order chi connectivity index (χ0) is 21.9. The molecule has 2 aliphatic carbocycles. The maximum absolute atomic E-state index is 12.7. The molecule has 1 atom stereocenters. The van der Waals surface area contributed by atoms with Crippen LogP contribution in [0.5, 0.6) is 0 Å². The highest BCUT2D eigenvalue weighted by molar-refractivity contribution is 5.96. The number of alkyl halides is 1. The Morgan fingerprint density at radius 1 is 0.903 bits per heavy atom. The molecule has 0 aliphatic heterocycles. The first kappa shape index (κ1) is 24.5. The lowest BCUT2D eigenvalue weighted by atomic mass is 9.72. The van der Waals surface area contributed by atoms with Crippen molar-refractivity contribution in [3.05, 3.63) is 35.4 Å². The van der Waals surface area contributed by atoms with E-state index in [1.54, 1.807) is 0 Å². The molecule has 3 rings (SSSR count). The number of hydrogen-bond donors (Lipinski definition) is 0. The van der Waals surface area contributed by atoms with Gasteiger partial charge in [-0.1, -0.05) is 121 Å². The fraction of sp³-hybridized carbons (Fsp3) is 0.759. The van der Waals surface area contributed by atoms with Crippen LogP contribution in [0.4, 0.5) is 4.39 Å². The second kappa shape index (κ2) is 13.4. The van der Waals surface area contributed by atoms with Crippen molar-refractivity contribution in [3.8, 4) is 0 Å². The van der Waals surface area contributed by atoms with Crippen molar-refractivity contribution in [1.29, 1.82) is 0 Å². The zero-order valence-electron chi connectivity index (χ0n) is 19.9. The largest absolute Gasteiger partial charge is 0.291 e. The lowest BCUT2D eigenvalue weighted by Crippen LogP contribution is -2.22. The first-order valence-electron chi connectivity index (χ1n) is 13.4. The van der Waals surface area contributed by atoms with Crippen LogP contribution in [0, 0.1) is 23.7 Å². The number of benzene rings is 1. The lowest BCUT2D eigenvalue weighted by Gasteiger charge is -2.33. The van der Waals surface area contributed by atoms with Crippen LogP contribution in [0.1, 0.15) is 119 Å². The van der Waals surface area contributed by atoms with Crippen LogP contribution < -0.4 is 0 Å². The van der Waals surface area contributed by atoms with Gasteiger partial charge in [0.25, 0.3) is 0 Å². The zero-order valence-corrected chi connectivity index (χ0v) is 19.9. The average molecular weight is 429 g/mol. The molecule has 1 unspecified atom stereocenters. The summed E-state index contributed by atoms with van der Waals surface area (Å²) in [4.78, 5) is 11.6. The Bertz CT molecular complexity index is 623. The molecular weight excluding hydrogens is 383 g/mol. The Labute approximate surface area is 190 Å². The highest BCUT2D eigenvalue weighted by Gasteiger charge is 2.26. The molecule has 0 saturated heterocycles. The summed E-state index contributed by atoms with van der Waals surface area (Å²) in [6, 6.07) is 7.80. The van der Waals surface area contributed by atoms with Crippen molar-refractivity contribution in [1.82, 2.24) is 0 Å². The summed E-state index contributed by atoms with van der Waals surface area (Å²) in [5.41, 5.74) is 1.83. The van der Waals surface area contributed by atoms with E-state index in [-0.39, 0.29) is 0 Å². The molecule has 0 aromatic heterocycles. The quantitative estimate of drug-likeness (QED) is 0.240. The van der Waals surface area contributed by atoms with Crippen LogP contribution in [-0.4, -0.2) is 12.5 Å². The van der Waals surface area contributed by atoms with E-state index >= 15 is 0 Å². The van der Waals surface area contributed by atoms with Gasteiger partial charge in [0.05, 0.1) is 0 Å². The van der Waals surface area contributed by atoms with Gasteiger partial charge in [-0.25, -0.2) is 4.39 Å². The summed E-state index contributed by atoms with van der Waals surface area (Å²) in [6.07, 6.45) is 22.4. The fourth-order valence-corrected chi connectivity index (χ4v) is 6.26. The number of halogens is 1. The molecule has 0 spiro atoms. The Kier molecular flexibility index (Phi) is 10.6. The molecule has 0 bridgehead atoms. The van der Waals surface area contributed by atoms with Crippen molar-refractivity contribution in [2.24, 2.45) is 23.7 Å². The maximum Gasteiger partial charge on any atom is 0.193 e. The number of rotatable bonds is 12. The second-order valence-electron chi connectivity index (χ2n) is 10.6. The van der Waals surface area contributed by atoms with E-state index in [0.29, 0.717) is 5.56 Å². The first-order valence-corrected chi connectivity index (χ1v) is 13.4. The van der Waals surface area contributed by atoms with Crippen LogP contribution in [0.3, 0.4) is 0 Å². The molecule has 31 heavy (non-hydrogen) atoms. The van der Waals surface area contributed by atoms with Gasteiger partial charge < -0.3 is 0 Å². The van der Waals surface area contributed by atoms with Crippen molar-refractivity contribution in [3.63, 3.8) is 0 Å². The van der Waals surface area contributed by atoms with Gasteiger partial charge in [0, 0.05) is 5.56 Å². The van der Waals surface area contributed by atoms with Gasteiger partial charge in [-0.2, -0.15) is 0 Å². The maximum atomic E-state index is 12.7. The SMILES string of the molecule is CCCCCC1CCC(CCC(Cc2ccc(C(=O)CF)cc2)C2CCCCC2)CC1. The number of unbranched alkanes of at least 4 members (excludes halogenated alkanes) is 2. The molecule has 0 N–H and O–H groups in total. The van der Waals surface area contributed by atoms with Gasteiger partial charge in [-0.3, -0.25) is 4.79 Å². The standard InChI is InChI=1S/C29H45FO/c1-2-3-5-8-23-11-13-24(14-12-23)15-20-28(26-9-6-4-7-10-26)21-25-16-18-27(19-17-25)29(31)22-30/h16-19,23-24,26,28H,2-15,20-22H2,1H3. The lowest BCUT2D eigenvalue weighted by molar-refractivity contribution is 0.0958. The van der Waals surface area contributed by atoms with E-state index in [1.807, 2.05) is 12.1 Å². The van der Waals surface area contributed by atoms with E-state index in [2.05, 4.69) is 19.1 Å². The van der Waals surface area contributed by atoms with Gasteiger partial charge in [-0.15, -0.1) is 0 Å². The molecule has 1 aromatic carbocycles. The van der Waals surface area contributed by atoms with Crippen LogP contribution in [0.15, 0.2) is 24.3 Å². The summed E-state index contributed by atoms with van der Waals surface area (Å²) < 4.78 is 12.7. The van der Waals surface area contributed by atoms with E-state index < -0.39 is 12.5 Å². The minimum atomic E-state index is -0.898. The van der Waals surface area contributed by atoms with Crippen molar-refractivity contribution >= 4 is 5.78 Å². The van der Waals surface area contributed by atoms with Crippen LogP contribution >= 0.6 is 0 Å². The van der Waals surface area contributed by atoms with Crippen LogP contribution in [-0.2, 0) is 6.42 Å². The third-order valence-electron chi connectivity index (χ3n) is 8.34. The van der Waals surface area contributed by atoms with E-state index in [4.69, 9.17) is 0 Å². The number of hydrogen-bond acceptors (Lipinski definition) is 1. The highest BCUT2D eigenvalue weighted by Crippen LogP contribution is 2.39. The summed E-state index contributed by atoms with van der Waals surface area (Å²) in [7, 11) is 0. The fourth-order valence-electron chi connectivity index (χ4n) is 6.26. The predicted octanol–water partition coefficient (Wildman–Crippen LogP) is 8.74. The molecule has 0 heterocycles. The topological polar surface area (TPSA) is 17.1 Å². The predicted molar refractivity (Wildman–Crippen MR) is 129 cm³/mol. The summed E-state index contributed by atoms with van der Waals surface area (Å²) in [5.74, 6) is 3.18. The Morgan fingerprint density at radius 3 is 2.16 bits per heavy atom. The minimum Gasteiger partial charge on any atom is -0.291 e. The molecular formula is C29H45FO. The molecule has 2 fully saturated rings. The molecule has 1 nitrogen and oxygen atoms in total. The first-order chi connectivity index (χ1) is 15.2. The molecule has 0 amide bonds. The third-order valence-corrected chi connectivity index (χ3v) is 8.34. The molecule has 2 aliphatic rings. The van der Waals surface area contributed by atoms with E-state index in [9.17, 15) is 9.18 Å². The molecule has 1 aromatic rings. The number of carbonyl (C=O) groups excluding carboxylic acids is 1. The number of Topliss-reactive ketones (excluding diaryl/α,β-unsaturated/α-hetero) is 1. The Hall–Kier alpha value is -1.18. The number of carbonyl (C=O) groups is 1. The smallest absolute Gasteiger partial charge is 0.193 e. The third kappa shape index (κ3) is 8.03. The summed E-state index contributed by atoms with van der Waals surface area (Å²) >= 11 is 0. The monoisotopic (exact) mass is 428 g/mol. The van der Waals surface area contributed by atoms with Gasteiger partial charge in [0.2, 0.25) is 0 Å². The highest BCUT2D eigenvalue weighted by atomic mass is 19.1. The summed E-state index contributed by atoms with van der Waals surface area (Å²) in [6.45, 7) is 1.41. The Morgan fingerprint density at radius 2 is 1.55 bits per heavy atom. The molecule has 2 saturated carbocycles. The van der Waals surface area contributed by atoms with E-state index in [0.717, 1.165) is 30.1 Å². The van der Waals surface area contributed by atoms with Gasteiger partial charge in [0.15, 0.2) is 12.5 Å². The van der Waals surface area contributed by atoms with Crippen LogP contribution in [0.25, 0.3) is 0 Å². The normalized spacial score (nSPS) is 23.5. The van der Waals surface area contributed by atoms with Crippen LogP contribution in [0.2, 0.25) is 0 Å². The van der Waals surface area contributed by atoms with Gasteiger partial charge in [-0.05, 0) is 42.1 Å². The van der Waals surface area contributed by atoms with Crippen molar-refractivity contribution < 1.29 is 9.18 Å². The Balaban J connectivity index is 1.50. The summed E-state index contributed by atoms with van der Waals surface area (Å²) in [5, 5.41) is 0. The van der Waals surface area contributed by atoms with Gasteiger partial charge in [0.1, 0.15) is 0 Å². The molecule has 2 heteroatoms. The molecule has 174 valence electrons. The second-order valence-corrected chi connectivity index (χ2v) is 10.6. The average Bonchev–Trinajstić information content (AvgIpc) is 2.83. The van der Waals surface area contributed by atoms with Crippen molar-refractivity contribution in [2.75, 3.05) is 6.67 Å².